The molecule has 1 unspecified atom stereocenters. The molecule has 2 aromatic rings. The van der Waals surface area contributed by atoms with Gasteiger partial charge in [-0.3, -0.25) is 14.4 Å². The standard InChI is InChI=1S/C24H28N4O3S/c1-15-14-32-24(25-15)26-22(30)17-7-9-27(10-8-17)23(31)19-12-21(29)28(13-19)20-6-5-16-3-2-4-18(16)11-20/h5-6,11,14,17,19H,2-4,7-10,12-13H2,1H3,(H,25,26,30). The summed E-state index contributed by atoms with van der Waals surface area (Å²) in [6.07, 6.45) is 4.89. The molecule has 0 saturated carbocycles. The summed E-state index contributed by atoms with van der Waals surface area (Å²) in [6.45, 7) is 3.45. The molecule has 1 aromatic carbocycles. The topological polar surface area (TPSA) is 82.6 Å². The van der Waals surface area contributed by atoms with Crippen molar-refractivity contribution in [2.75, 3.05) is 29.9 Å². The lowest BCUT2D eigenvalue weighted by Gasteiger charge is -2.32. The van der Waals surface area contributed by atoms with E-state index in [0.717, 1.165) is 24.2 Å². The fourth-order valence-electron chi connectivity index (χ4n) is 5.09. The number of nitrogens with zero attached hydrogens (tertiary/aromatic N) is 3. The van der Waals surface area contributed by atoms with Gasteiger partial charge in [0.15, 0.2) is 5.13 Å². The molecule has 5 rings (SSSR count). The highest BCUT2D eigenvalue weighted by atomic mass is 32.1. The molecule has 2 saturated heterocycles. The first-order valence-electron chi connectivity index (χ1n) is 11.4. The summed E-state index contributed by atoms with van der Waals surface area (Å²) in [7, 11) is 0. The summed E-state index contributed by atoms with van der Waals surface area (Å²) in [5, 5.41) is 5.43. The number of aryl methyl sites for hydroxylation is 3. The number of thiazole rings is 1. The van der Waals surface area contributed by atoms with E-state index in [0.29, 0.717) is 37.6 Å². The molecule has 2 aliphatic heterocycles. The second-order valence-electron chi connectivity index (χ2n) is 9.09. The third kappa shape index (κ3) is 4.16. The average molecular weight is 453 g/mol. The number of rotatable bonds is 4. The Labute approximate surface area is 191 Å². The highest BCUT2D eigenvalue weighted by molar-refractivity contribution is 7.13. The van der Waals surface area contributed by atoms with Crippen molar-refractivity contribution in [3.63, 3.8) is 0 Å². The number of aromatic nitrogens is 1. The molecule has 32 heavy (non-hydrogen) atoms. The molecular weight excluding hydrogens is 424 g/mol. The molecule has 7 nitrogen and oxygen atoms in total. The third-order valence-electron chi connectivity index (χ3n) is 6.89. The van der Waals surface area contributed by atoms with Crippen LogP contribution in [0.2, 0.25) is 0 Å². The van der Waals surface area contributed by atoms with Crippen LogP contribution in [0.15, 0.2) is 23.6 Å². The fraction of sp³-hybridized carbons (Fsp3) is 0.500. The van der Waals surface area contributed by atoms with Crippen molar-refractivity contribution in [3.8, 4) is 0 Å². The Hall–Kier alpha value is -2.74. The Bertz CT molecular complexity index is 1060. The van der Waals surface area contributed by atoms with Crippen LogP contribution in [0.4, 0.5) is 10.8 Å². The van der Waals surface area contributed by atoms with Gasteiger partial charge in [0.05, 0.1) is 11.6 Å². The van der Waals surface area contributed by atoms with Crippen LogP contribution in [0.25, 0.3) is 0 Å². The molecule has 0 radical (unpaired) electrons. The summed E-state index contributed by atoms with van der Waals surface area (Å²) in [4.78, 5) is 46.2. The molecular formula is C24H28N4O3S. The summed E-state index contributed by atoms with van der Waals surface area (Å²) in [5.74, 6) is -0.383. The van der Waals surface area contributed by atoms with Crippen molar-refractivity contribution < 1.29 is 14.4 Å². The first-order valence-corrected chi connectivity index (χ1v) is 12.3. The van der Waals surface area contributed by atoms with E-state index in [1.54, 1.807) is 4.90 Å². The monoisotopic (exact) mass is 452 g/mol. The van der Waals surface area contributed by atoms with Crippen molar-refractivity contribution in [3.05, 3.63) is 40.4 Å². The number of amides is 3. The Kier molecular flexibility index (Phi) is 5.71. The molecule has 1 N–H and O–H groups in total. The Morgan fingerprint density at radius 3 is 2.66 bits per heavy atom. The number of likely N-dealkylation sites (tertiary alicyclic amines) is 1. The van der Waals surface area contributed by atoms with Gasteiger partial charge in [0.2, 0.25) is 17.7 Å². The van der Waals surface area contributed by atoms with Crippen LogP contribution in [0, 0.1) is 18.8 Å². The molecule has 3 heterocycles. The molecule has 8 heteroatoms. The molecule has 2 fully saturated rings. The van der Waals surface area contributed by atoms with E-state index >= 15 is 0 Å². The Morgan fingerprint density at radius 1 is 1.12 bits per heavy atom. The first kappa shape index (κ1) is 21.1. The minimum Gasteiger partial charge on any atom is -0.342 e. The van der Waals surface area contributed by atoms with Gasteiger partial charge >= 0.3 is 0 Å². The SMILES string of the molecule is Cc1csc(NC(=O)C2CCN(C(=O)C3CC(=O)N(c4ccc5c(c4)CCC5)C3)CC2)n1. The lowest BCUT2D eigenvalue weighted by atomic mass is 9.94. The zero-order chi connectivity index (χ0) is 22.2. The van der Waals surface area contributed by atoms with E-state index in [-0.39, 0.29) is 36.0 Å². The number of benzene rings is 1. The van der Waals surface area contributed by atoms with Crippen molar-refractivity contribution in [2.24, 2.45) is 11.8 Å². The van der Waals surface area contributed by atoms with Gasteiger partial charge in [-0.25, -0.2) is 4.98 Å². The van der Waals surface area contributed by atoms with Crippen LogP contribution in [0.1, 0.15) is 42.5 Å². The zero-order valence-electron chi connectivity index (χ0n) is 18.3. The van der Waals surface area contributed by atoms with E-state index in [1.165, 1.54) is 28.9 Å². The number of carbonyl (C=O) groups excluding carboxylic acids is 3. The van der Waals surface area contributed by atoms with E-state index in [4.69, 9.17) is 0 Å². The molecule has 1 atom stereocenters. The third-order valence-corrected chi connectivity index (χ3v) is 7.77. The van der Waals surface area contributed by atoms with Crippen LogP contribution in [0.5, 0.6) is 0 Å². The molecule has 0 bridgehead atoms. The van der Waals surface area contributed by atoms with Gasteiger partial charge in [-0.05, 0) is 62.3 Å². The molecule has 0 spiro atoms. The van der Waals surface area contributed by atoms with Crippen molar-refractivity contribution in [1.82, 2.24) is 9.88 Å². The van der Waals surface area contributed by atoms with Crippen LogP contribution in [-0.2, 0) is 27.2 Å². The normalized spacial score (nSPS) is 21.2. The molecule has 3 aliphatic rings. The number of piperidine rings is 1. The molecule has 1 aromatic heterocycles. The van der Waals surface area contributed by atoms with E-state index < -0.39 is 0 Å². The van der Waals surface area contributed by atoms with Crippen molar-refractivity contribution in [1.29, 1.82) is 0 Å². The highest BCUT2D eigenvalue weighted by Crippen LogP contribution is 2.32. The number of hydrogen-bond donors (Lipinski definition) is 1. The number of nitrogens with one attached hydrogen (secondary N) is 1. The maximum atomic E-state index is 13.1. The lowest BCUT2D eigenvalue weighted by molar-refractivity contribution is -0.138. The summed E-state index contributed by atoms with van der Waals surface area (Å²) in [6, 6.07) is 6.27. The minimum atomic E-state index is -0.306. The van der Waals surface area contributed by atoms with E-state index in [1.807, 2.05) is 23.3 Å². The zero-order valence-corrected chi connectivity index (χ0v) is 19.1. The van der Waals surface area contributed by atoms with Gasteiger partial charge in [0.25, 0.3) is 0 Å². The number of carbonyl (C=O) groups is 3. The van der Waals surface area contributed by atoms with Crippen LogP contribution < -0.4 is 10.2 Å². The largest absolute Gasteiger partial charge is 0.342 e. The van der Waals surface area contributed by atoms with E-state index in [9.17, 15) is 14.4 Å². The highest BCUT2D eigenvalue weighted by Gasteiger charge is 2.39. The van der Waals surface area contributed by atoms with Gasteiger partial charge in [0, 0.05) is 43.0 Å². The number of hydrogen-bond acceptors (Lipinski definition) is 5. The number of fused-ring (bicyclic) bond motifs is 1. The minimum absolute atomic E-state index is 0.0225. The molecule has 3 amide bonds. The van der Waals surface area contributed by atoms with Crippen LogP contribution in [0.3, 0.4) is 0 Å². The van der Waals surface area contributed by atoms with E-state index in [2.05, 4.69) is 22.4 Å². The maximum absolute atomic E-state index is 13.1. The predicted octanol–water partition coefficient (Wildman–Crippen LogP) is 3.17. The second kappa shape index (κ2) is 8.65. The lowest BCUT2D eigenvalue weighted by Crippen LogP contribution is -2.44. The fourth-order valence-corrected chi connectivity index (χ4v) is 5.78. The Balaban J connectivity index is 1.16. The molecule has 168 valence electrons. The van der Waals surface area contributed by atoms with Gasteiger partial charge in [-0.15, -0.1) is 11.3 Å². The van der Waals surface area contributed by atoms with Crippen LogP contribution in [-0.4, -0.2) is 47.2 Å². The quantitative estimate of drug-likeness (QED) is 0.773. The Morgan fingerprint density at radius 2 is 1.91 bits per heavy atom. The van der Waals surface area contributed by atoms with Gasteiger partial charge in [-0.1, -0.05) is 6.07 Å². The van der Waals surface area contributed by atoms with Gasteiger partial charge < -0.3 is 15.1 Å². The van der Waals surface area contributed by atoms with Gasteiger partial charge in [-0.2, -0.15) is 0 Å². The summed E-state index contributed by atoms with van der Waals surface area (Å²) in [5.41, 5.74) is 4.52. The van der Waals surface area contributed by atoms with Gasteiger partial charge in [0.1, 0.15) is 0 Å². The van der Waals surface area contributed by atoms with Crippen molar-refractivity contribution >= 4 is 39.9 Å². The van der Waals surface area contributed by atoms with Crippen molar-refractivity contribution in [2.45, 2.75) is 45.4 Å². The average Bonchev–Trinajstić information content (AvgIpc) is 3.52. The second-order valence-corrected chi connectivity index (χ2v) is 9.95. The predicted molar refractivity (Wildman–Crippen MR) is 124 cm³/mol. The summed E-state index contributed by atoms with van der Waals surface area (Å²) >= 11 is 1.42. The number of anilines is 2. The summed E-state index contributed by atoms with van der Waals surface area (Å²) < 4.78 is 0. The maximum Gasteiger partial charge on any atom is 0.229 e. The van der Waals surface area contributed by atoms with Crippen LogP contribution >= 0.6 is 11.3 Å². The molecule has 1 aliphatic carbocycles. The smallest absolute Gasteiger partial charge is 0.229 e. The first-order chi connectivity index (χ1) is 15.5.